The van der Waals surface area contributed by atoms with Crippen LogP contribution >= 0.6 is 0 Å². The van der Waals surface area contributed by atoms with Crippen LogP contribution in [0.5, 0.6) is 0 Å². The van der Waals surface area contributed by atoms with Crippen molar-refractivity contribution in [2.75, 3.05) is 28.6 Å². The van der Waals surface area contributed by atoms with E-state index in [1.54, 1.807) is 12.1 Å². The molecule has 2 N–H and O–H groups in total. The zero-order chi connectivity index (χ0) is 20.8. The molecular weight excluding hydrogens is 374 g/mol. The van der Waals surface area contributed by atoms with Gasteiger partial charge in [0, 0.05) is 17.9 Å². The Bertz CT molecular complexity index is 1030. The summed E-state index contributed by atoms with van der Waals surface area (Å²) in [6.07, 6.45) is 2.99. The third kappa shape index (κ3) is 4.51. The summed E-state index contributed by atoms with van der Waals surface area (Å²) in [4.78, 5) is 27.8. The lowest BCUT2D eigenvalue weighted by Crippen LogP contribution is -2.33. The molecule has 0 aliphatic carbocycles. The summed E-state index contributed by atoms with van der Waals surface area (Å²) in [6.45, 7) is 0.798. The van der Waals surface area contributed by atoms with Gasteiger partial charge in [0.2, 0.25) is 5.91 Å². The largest absolute Gasteiger partial charge is 0.376 e. The summed E-state index contributed by atoms with van der Waals surface area (Å²) in [6, 6.07) is 24.8. The van der Waals surface area contributed by atoms with E-state index in [4.69, 9.17) is 0 Å². The smallest absolute Gasteiger partial charge is 0.260 e. The Hall–Kier alpha value is -3.60. The zero-order valence-corrected chi connectivity index (χ0v) is 16.8. The molecule has 152 valence electrons. The van der Waals surface area contributed by atoms with Crippen LogP contribution < -0.4 is 15.5 Å². The molecule has 5 nitrogen and oxygen atoms in total. The first-order chi connectivity index (χ1) is 14.7. The fourth-order valence-electron chi connectivity index (χ4n) is 3.76. The molecule has 0 atom stereocenters. The van der Waals surface area contributed by atoms with Crippen molar-refractivity contribution in [1.29, 1.82) is 0 Å². The van der Waals surface area contributed by atoms with Crippen molar-refractivity contribution in [3.63, 3.8) is 0 Å². The summed E-state index contributed by atoms with van der Waals surface area (Å²) >= 11 is 0. The van der Waals surface area contributed by atoms with E-state index in [1.165, 1.54) is 5.56 Å². The third-order valence-corrected chi connectivity index (χ3v) is 5.26. The van der Waals surface area contributed by atoms with Gasteiger partial charge in [0.25, 0.3) is 5.91 Å². The number of fused-ring (bicyclic) bond motifs is 1. The molecule has 0 fully saturated rings. The Morgan fingerprint density at radius 3 is 2.43 bits per heavy atom. The number of benzene rings is 3. The molecule has 5 heteroatoms. The maximum atomic E-state index is 13.5. The number of aryl methyl sites for hydroxylation is 1. The van der Waals surface area contributed by atoms with Gasteiger partial charge in [0.05, 0.1) is 17.8 Å². The van der Waals surface area contributed by atoms with Crippen LogP contribution in [0.3, 0.4) is 0 Å². The predicted octanol–water partition coefficient (Wildman–Crippen LogP) is 4.72. The van der Waals surface area contributed by atoms with Crippen molar-refractivity contribution in [3.8, 4) is 0 Å². The topological polar surface area (TPSA) is 61.4 Å². The number of carbonyl (C=O) groups excluding carboxylic acids is 2. The van der Waals surface area contributed by atoms with Crippen LogP contribution in [0.1, 0.15) is 28.8 Å². The number of amides is 2. The molecule has 4 rings (SSSR count). The predicted molar refractivity (Wildman–Crippen MR) is 121 cm³/mol. The number of para-hydroxylation sites is 3. The molecule has 30 heavy (non-hydrogen) atoms. The molecule has 1 aliphatic heterocycles. The summed E-state index contributed by atoms with van der Waals surface area (Å²) in [7, 11) is 0. The van der Waals surface area contributed by atoms with Gasteiger partial charge in [-0.25, -0.2) is 0 Å². The van der Waals surface area contributed by atoms with E-state index in [9.17, 15) is 9.59 Å². The van der Waals surface area contributed by atoms with Gasteiger partial charge in [-0.3, -0.25) is 9.59 Å². The Balaban J connectivity index is 1.51. The Morgan fingerprint density at radius 1 is 0.833 bits per heavy atom. The maximum absolute atomic E-state index is 13.5. The lowest BCUT2D eigenvalue weighted by Gasteiger charge is -2.24. The van der Waals surface area contributed by atoms with Crippen LogP contribution in [-0.2, 0) is 11.2 Å². The van der Waals surface area contributed by atoms with Crippen molar-refractivity contribution < 1.29 is 9.59 Å². The monoisotopic (exact) mass is 399 g/mol. The molecule has 0 saturated heterocycles. The van der Waals surface area contributed by atoms with Crippen LogP contribution in [0.4, 0.5) is 17.1 Å². The lowest BCUT2D eigenvalue weighted by molar-refractivity contribution is -0.114. The van der Waals surface area contributed by atoms with E-state index >= 15 is 0 Å². The highest BCUT2D eigenvalue weighted by Gasteiger charge is 2.24. The van der Waals surface area contributed by atoms with Crippen molar-refractivity contribution >= 4 is 28.9 Å². The van der Waals surface area contributed by atoms with E-state index in [2.05, 4.69) is 16.7 Å². The van der Waals surface area contributed by atoms with Crippen LogP contribution in [0, 0.1) is 0 Å². The minimum atomic E-state index is -0.199. The maximum Gasteiger partial charge on any atom is 0.260 e. The van der Waals surface area contributed by atoms with Gasteiger partial charge < -0.3 is 15.5 Å². The van der Waals surface area contributed by atoms with Crippen molar-refractivity contribution in [2.45, 2.75) is 19.3 Å². The van der Waals surface area contributed by atoms with Gasteiger partial charge >= 0.3 is 0 Å². The van der Waals surface area contributed by atoms with Gasteiger partial charge in [-0.05, 0) is 55.2 Å². The lowest BCUT2D eigenvalue weighted by atomic mass is 10.1. The van der Waals surface area contributed by atoms with Crippen LogP contribution in [-0.4, -0.2) is 24.9 Å². The number of nitrogens with one attached hydrogen (secondary N) is 2. The first kappa shape index (κ1) is 19.7. The minimum Gasteiger partial charge on any atom is -0.376 e. The zero-order valence-electron chi connectivity index (χ0n) is 16.8. The second kappa shape index (κ2) is 9.27. The summed E-state index contributed by atoms with van der Waals surface area (Å²) in [5, 5.41) is 5.98. The number of carbonyl (C=O) groups is 2. The molecule has 3 aromatic carbocycles. The number of anilines is 3. The number of rotatable bonds is 5. The molecule has 0 spiro atoms. The molecule has 0 unspecified atom stereocenters. The van der Waals surface area contributed by atoms with Gasteiger partial charge in [0.1, 0.15) is 0 Å². The van der Waals surface area contributed by atoms with Crippen molar-refractivity contribution in [2.24, 2.45) is 0 Å². The van der Waals surface area contributed by atoms with Crippen LogP contribution in [0.2, 0.25) is 0 Å². The summed E-state index contributed by atoms with van der Waals surface area (Å²) in [5.74, 6) is -0.286. The molecule has 0 aromatic heterocycles. The summed E-state index contributed by atoms with van der Waals surface area (Å²) in [5.41, 5.74) is 4.06. The number of nitrogens with zero attached hydrogens (tertiary/aromatic N) is 1. The van der Waals surface area contributed by atoms with E-state index in [1.807, 2.05) is 65.6 Å². The van der Waals surface area contributed by atoms with Crippen LogP contribution in [0.25, 0.3) is 0 Å². The van der Waals surface area contributed by atoms with E-state index < -0.39 is 0 Å². The standard InChI is InChI=1S/C25H25N3O2/c29-24(18-26-20-12-2-1-3-13-20)27-22-15-6-5-14-21(22)25(30)28-17-9-8-11-19-10-4-7-16-23(19)28/h1-7,10,12-16,26H,8-9,11,17-18H2,(H,27,29). The average Bonchev–Trinajstić information content (AvgIpc) is 3.01. The molecule has 0 radical (unpaired) electrons. The molecular formula is C25H25N3O2. The number of hydrogen-bond acceptors (Lipinski definition) is 3. The Labute approximate surface area is 176 Å². The number of hydrogen-bond donors (Lipinski definition) is 2. The fourth-order valence-corrected chi connectivity index (χ4v) is 3.76. The highest BCUT2D eigenvalue weighted by molar-refractivity contribution is 6.12. The van der Waals surface area contributed by atoms with Crippen molar-refractivity contribution in [1.82, 2.24) is 0 Å². The fraction of sp³-hybridized carbons (Fsp3) is 0.200. The highest BCUT2D eigenvalue weighted by atomic mass is 16.2. The first-order valence-corrected chi connectivity index (χ1v) is 10.3. The van der Waals surface area contributed by atoms with Crippen molar-refractivity contribution in [3.05, 3.63) is 90.0 Å². The molecule has 3 aromatic rings. The van der Waals surface area contributed by atoms with E-state index in [0.717, 1.165) is 30.6 Å². The van der Waals surface area contributed by atoms with Gasteiger partial charge in [-0.15, -0.1) is 0 Å². The van der Waals surface area contributed by atoms with Crippen LogP contribution in [0.15, 0.2) is 78.9 Å². The second-order valence-corrected chi connectivity index (χ2v) is 7.36. The van der Waals surface area contributed by atoms with Gasteiger partial charge in [-0.1, -0.05) is 48.5 Å². The second-order valence-electron chi connectivity index (χ2n) is 7.36. The SMILES string of the molecule is O=C(CNc1ccccc1)Nc1ccccc1C(=O)N1CCCCc2ccccc21. The average molecular weight is 399 g/mol. The Morgan fingerprint density at radius 2 is 1.57 bits per heavy atom. The van der Waals surface area contributed by atoms with Gasteiger partial charge in [-0.2, -0.15) is 0 Å². The van der Waals surface area contributed by atoms with E-state index in [0.29, 0.717) is 17.8 Å². The summed E-state index contributed by atoms with van der Waals surface area (Å²) < 4.78 is 0. The third-order valence-electron chi connectivity index (χ3n) is 5.26. The molecule has 2 amide bonds. The highest BCUT2D eigenvalue weighted by Crippen LogP contribution is 2.29. The van der Waals surface area contributed by atoms with E-state index in [-0.39, 0.29) is 18.4 Å². The minimum absolute atomic E-state index is 0.0868. The Kier molecular flexibility index (Phi) is 6.09. The molecule has 0 saturated carbocycles. The van der Waals surface area contributed by atoms with Gasteiger partial charge in [0.15, 0.2) is 0 Å². The molecule has 1 heterocycles. The quantitative estimate of drug-likeness (QED) is 0.653. The molecule has 1 aliphatic rings. The normalized spacial score (nSPS) is 13.1. The first-order valence-electron chi connectivity index (χ1n) is 10.3. The molecule has 0 bridgehead atoms.